The van der Waals surface area contributed by atoms with Crippen molar-refractivity contribution in [3.63, 3.8) is 0 Å². The van der Waals surface area contributed by atoms with Crippen molar-refractivity contribution in [1.29, 1.82) is 0 Å². The van der Waals surface area contributed by atoms with Gasteiger partial charge in [0, 0.05) is 24.5 Å². The molecule has 2 rings (SSSR count). The number of hydrogen-bond acceptors (Lipinski definition) is 8. The molecule has 3 atom stereocenters. The van der Waals surface area contributed by atoms with E-state index in [9.17, 15) is 18.8 Å². The maximum absolute atomic E-state index is 13.9. The summed E-state index contributed by atoms with van der Waals surface area (Å²) in [7, 11) is 2.83. The third-order valence-electron chi connectivity index (χ3n) is 6.76. The van der Waals surface area contributed by atoms with Crippen LogP contribution in [0, 0.1) is 11.7 Å². The molecule has 1 fully saturated rings. The number of carbonyl (C=O) groups is 3. The number of benzene rings is 1. The van der Waals surface area contributed by atoms with E-state index in [1.807, 2.05) is 0 Å². The first-order valence-electron chi connectivity index (χ1n) is 13.0. The summed E-state index contributed by atoms with van der Waals surface area (Å²) in [5, 5.41) is 2.53. The molecule has 10 heteroatoms. The van der Waals surface area contributed by atoms with E-state index in [0.29, 0.717) is 5.75 Å². The summed E-state index contributed by atoms with van der Waals surface area (Å²) in [5.74, 6) is -2.34. The summed E-state index contributed by atoms with van der Waals surface area (Å²) < 4.78 is 35.6. The Morgan fingerprint density at radius 1 is 1.15 bits per heavy atom. The second-order valence-corrected chi connectivity index (χ2v) is 9.43. The lowest BCUT2D eigenvalue weighted by Gasteiger charge is -2.35. The van der Waals surface area contributed by atoms with Crippen LogP contribution in [0.1, 0.15) is 71.3 Å². The first-order valence-corrected chi connectivity index (χ1v) is 13.0. The molecule has 1 saturated carbocycles. The largest absolute Gasteiger partial charge is 0.496 e. The van der Waals surface area contributed by atoms with Crippen LogP contribution in [0.3, 0.4) is 0 Å². The number of nitrogens with one attached hydrogen (secondary N) is 1. The molecule has 0 aromatic heterocycles. The number of carbonyl (C=O) groups excluding carboxylic acids is 3. The molecule has 0 heterocycles. The minimum absolute atomic E-state index is 0.0928. The second kappa shape index (κ2) is 15.0. The molecule has 0 saturated heterocycles. The Hall–Kier alpha value is -3.69. The summed E-state index contributed by atoms with van der Waals surface area (Å²) in [6, 6.07) is 3.31. The zero-order chi connectivity index (χ0) is 29.1. The van der Waals surface area contributed by atoms with E-state index in [1.165, 1.54) is 46.3 Å². The Bertz CT molecular complexity index is 1110. The Labute approximate surface area is 229 Å². The van der Waals surface area contributed by atoms with Gasteiger partial charge in [-0.3, -0.25) is 14.6 Å². The average Bonchev–Trinajstić information content (AvgIpc) is 2.90. The summed E-state index contributed by atoms with van der Waals surface area (Å²) in [6.45, 7) is 9.45. The Morgan fingerprint density at radius 3 is 2.36 bits per heavy atom. The fraction of sp³-hybridized carbons (Fsp3) is 0.517. The third kappa shape index (κ3) is 8.40. The summed E-state index contributed by atoms with van der Waals surface area (Å²) in [6.07, 6.45) is 6.05. The van der Waals surface area contributed by atoms with E-state index >= 15 is 0 Å². The smallest absolute Gasteiger partial charge is 0.328 e. The predicted octanol–water partition coefficient (Wildman–Crippen LogP) is 4.96. The van der Waals surface area contributed by atoms with E-state index in [2.05, 4.69) is 17.0 Å². The minimum Gasteiger partial charge on any atom is -0.496 e. The number of esters is 2. The molecule has 0 aliphatic heterocycles. The van der Waals surface area contributed by atoms with Gasteiger partial charge in [0.15, 0.2) is 11.5 Å². The first kappa shape index (κ1) is 31.5. The number of halogens is 1. The van der Waals surface area contributed by atoms with Crippen LogP contribution >= 0.6 is 0 Å². The molecule has 0 bridgehead atoms. The quantitative estimate of drug-likeness (QED) is 0.130. The fourth-order valence-electron chi connectivity index (χ4n) is 4.97. The van der Waals surface area contributed by atoms with E-state index < -0.39 is 35.8 Å². The van der Waals surface area contributed by atoms with Crippen LogP contribution in [-0.2, 0) is 28.6 Å². The normalized spacial score (nSPS) is 17.2. The van der Waals surface area contributed by atoms with Gasteiger partial charge in [-0.15, -0.1) is 0 Å². The van der Waals surface area contributed by atoms with Crippen molar-refractivity contribution in [3.05, 3.63) is 52.9 Å². The van der Waals surface area contributed by atoms with Crippen LogP contribution in [0.2, 0.25) is 0 Å². The lowest BCUT2D eigenvalue weighted by molar-refractivity contribution is -0.153. The lowest BCUT2D eigenvalue weighted by Crippen LogP contribution is -2.42. The van der Waals surface area contributed by atoms with Gasteiger partial charge < -0.3 is 24.3 Å². The molecule has 214 valence electrons. The molecule has 0 unspecified atom stereocenters. The highest BCUT2D eigenvalue weighted by molar-refractivity contribution is 5.97. The molecule has 1 aliphatic carbocycles. The van der Waals surface area contributed by atoms with E-state index in [1.54, 1.807) is 19.9 Å². The van der Waals surface area contributed by atoms with Crippen molar-refractivity contribution in [2.75, 3.05) is 14.2 Å². The number of methoxy groups -OCH3 is 2. The number of ether oxygens (including phenoxy) is 4. The van der Waals surface area contributed by atoms with Crippen LogP contribution < -0.4 is 10.1 Å². The Morgan fingerprint density at radius 2 is 1.82 bits per heavy atom. The molecule has 1 aliphatic rings. The molecule has 39 heavy (non-hydrogen) atoms. The van der Waals surface area contributed by atoms with E-state index in [0.717, 1.165) is 37.7 Å². The maximum Gasteiger partial charge on any atom is 0.328 e. The van der Waals surface area contributed by atoms with Crippen molar-refractivity contribution in [2.24, 2.45) is 10.9 Å². The molecule has 1 N–H and O–H groups in total. The van der Waals surface area contributed by atoms with Crippen molar-refractivity contribution >= 4 is 24.6 Å². The topological polar surface area (TPSA) is 113 Å². The van der Waals surface area contributed by atoms with Crippen LogP contribution in [0.25, 0.3) is 0 Å². The molecule has 9 nitrogen and oxygen atoms in total. The van der Waals surface area contributed by atoms with Crippen LogP contribution in [0.4, 0.5) is 4.39 Å². The number of rotatable bonds is 12. The van der Waals surface area contributed by atoms with Gasteiger partial charge in [0.1, 0.15) is 23.7 Å². The van der Waals surface area contributed by atoms with E-state index in [4.69, 9.17) is 18.9 Å². The van der Waals surface area contributed by atoms with Gasteiger partial charge in [-0.1, -0.05) is 25.3 Å². The molecular formula is C29H39FN2O7. The van der Waals surface area contributed by atoms with Crippen LogP contribution in [0.15, 0.2) is 46.5 Å². The Balaban J connectivity index is 2.28. The standard InChI is InChI=1S/C29H39FN2O7/c1-8-23(36-6)27(39-19(4)33)26(31-5)28(34)32-17(2)29(35)38-18(3)25(20-12-10-9-11-13-20)22-15-14-21(30)16-24(22)37-7/h8,14-18,20,25H,5,9-13H2,1-4,6-7H3,(H,32,34)/b23-8+,27-26+/t17-,18-,25-/m0/s1. The van der Waals surface area contributed by atoms with Crippen molar-refractivity contribution < 1.29 is 37.7 Å². The average molecular weight is 547 g/mol. The van der Waals surface area contributed by atoms with Gasteiger partial charge in [-0.2, -0.15) is 0 Å². The number of aliphatic imine (C=N–C) groups is 1. The van der Waals surface area contributed by atoms with Gasteiger partial charge >= 0.3 is 11.9 Å². The Kier molecular flexibility index (Phi) is 12.2. The number of hydrogen-bond donors (Lipinski definition) is 1. The minimum atomic E-state index is -1.08. The number of amides is 1. The molecule has 1 amide bonds. The first-order chi connectivity index (χ1) is 18.6. The predicted molar refractivity (Wildman–Crippen MR) is 145 cm³/mol. The van der Waals surface area contributed by atoms with Crippen molar-refractivity contribution in [1.82, 2.24) is 5.32 Å². The van der Waals surface area contributed by atoms with Crippen molar-refractivity contribution in [2.45, 2.75) is 77.9 Å². The third-order valence-corrected chi connectivity index (χ3v) is 6.76. The summed E-state index contributed by atoms with van der Waals surface area (Å²) >= 11 is 0. The van der Waals surface area contributed by atoms with Crippen LogP contribution in [0.5, 0.6) is 5.75 Å². The monoisotopic (exact) mass is 546 g/mol. The summed E-state index contributed by atoms with van der Waals surface area (Å²) in [4.78, 5) is 41.5. The molecule has 0 radical (unpaired) electrons. The highest BCUT2D eigenvalue weighted by Gasteiger charge is 2.35. The molecule has 1 aromatic rings. The van der Waals surface area contributed by atoms with Gasteiger partial charge in [-0.05, 0) is 58.4 Å². The highest BCUT2D eigenvalue weighted by atomic mass is 19.1. The highest BCUT2D eigenvalue weighted by Crippen LogP contribution is 2.42. The fourth-order valence-corrected chi connectivity index (χ4v) is 4.97. The number of allylic oxidation sites excluding steroid dienone is 1. The van der Waals surface area contributed by atoms with Crippen molar-refractivity contribution in [3.8, 4) is 5.75 Å². The summed E-state index contributed by atoms with van der Waals surface area (Å²) in [5.41, 5.74) is 0.442. The molecular weight excluding hydrogens is 507 g/mol. The van der Waals surface area contributed by atoms with E-state index in [-0.39, 0.29) is 29.1 Å². The van der Waals surface area contributed by atoms with Crippen LogP contribution in [-0.4, -0.2) is 50.9 Å². The molecule has 1 aromatic carbocycles. The van der Waals surface area contributed by atoms with Gasteiger partial charge in [0.2, 0.25) is 5.76 Å². The molecule has 0 spiro atoms. The van der Waals surface area contributed by atoms with Gasteiger partial charge in [0.25, 0.3) is 5.91 Å². The zero-order valence-electron chi connectivity index (χ0n) is 23.5. The lowest BCUT2D eigenvalue weighted by atomic mass is 9.74. The maximum atomic E-state index is 13.9. The zero-order valence-corrected chi connectivity index (χ0v) is 23.5. The van der Waals surface area contributed by atoms with Gasteiger partial charge in [0.05, 0.1) is 14.2 Å². The van der Waals surface area contributed by atoms with Gasteiger partial charge in [-0.25, -0.2) is 9.18 Å². The second-order valence-electron chi connectivity index (χ2n) is 9.43. The number of nitrogens with zero attached hydrogens (tertiary/aromatic N) is 1. The SMILES string of the molecule is C=N/C(C(=O)N[C@@H](C)C(=O)O[C@@H](C)[C@H](c1ccc(F)cc1OC)C1CCCCC1)=C(OC(C)=O)\C(=C/C)OC.